The van der Waals surface area contributed by atoms with Crippen molar-refractivity contribution in [2.45, 2.75) is 271 Å². The fourth-order valence-corrected chi connectivity index (χ4v) is 7.03. The Bertz CT molecular complexity index is 783. The SMILES string of the molecule is CCCCCCCCCCCCCCCCCCCCCCC(=O)OCC(COC(=O)CCCCCCCCC)OC(=O)CCCCCCCCCC. The van der Waals surface area contributed by atoms with Crippen LogP contribution in [0.5, 0.6) is 0 Å². The van der Waals surface area contributed by atoms with Gasteiger partial charge in [-0.1, -0.05) is 226 Å². The van der Waals surface area contributed by atoms with E-state index in [-0.39, 0.29) is 31.1 Å². The van der Waals surface area contributed by atoms with Gasteiger partial charge in [-0.25, -0.2) is 0 Å². The quantitative estimate of drug-likeness (QED) is 0.0351. The van der Waals surface area contributed by atoms with Crippen molar-refractivity contribution in [1.82, 2.24) is 0 Å². The third kappa shape index (κ3) is 41.4. The van der Waals surface area contributed by atoms with Crippen LogP contribution in [-0.4, -0.2) is 37.2 Å². The third-order valence-corrected chi connectivity index (χ3v) is 10.6. The highest BCUT2D eigenvalue weighted by Crippen LogP contribution is 2.16. The Morgan fingerprint density at radius 1 is 0.302 bits per heavy atom. The van der Waals surface area contributed by atoms with E-state index < -0.39 is 6.10 Å². The summed E-state index contributed by atoms with van der Waals surface area (Å²) in [5.41, 5.74) is 0. The van der Waals surface area contributed by atoms with Gasteiger partial charge in [0.15, 0.2) is 6.10 Å². The molecule has 0 aromatic carbocycles. The van der Waals surface area contributed by atoms with Crippen molar-refractivity contribution in [3.63, 3.8) is 0 Å². The molecular weight excluding hydrogens is 661 g/mol. The number of unbranched alkanes of at least 4 members (excludes halogenated alkanes) is 32. The molecule has 0 aliphatic carbocycles. The fraction of sp³-hybridized carbons (Fsp3) is 0.936. The first-order valence-electron chi connectivity index (χ1n) is 23.5. The van der Waals surface area contributed by atoms with Crippen LogP contribution in [0.15, 0.2) is 0 Å². The average Bonchev–Trinajstić information content (AvgIpc) is 3.15. The van der Waals surface area contributed by atoms with Crippen molar-refractivity contribution >= 4 is 17.9 Å². The van der Waals surface area contributed by atoms with Crippen LogP contribution in [0.3, 0.4) is 0 Å². The van der Waals surface area contributed by atoms with Crippen molar-refractivity contribution in [2.24, 2.45) is 0 Å². The van der Waals surface area contributed by atoms with Crippen molar-refractivity contribution < 1.29 is 28.6 Å². The summed E-state index contributed by atoms with van der Waals surface area (Å²) in [5.74, 6) is -0.862. The molecule has 6 heteroatoms. The molecule has 6 nitrogen and oxygen atoms in total. The molecule has 0 aromatic rings. The molecule has 0 N–H and O–H groups in total. The predicted octanol–water partition coefficient (Wildman–Crippen LogP) is 14.9. The van der Waals surface area contributed by atoms with Crippen molar-refractivity contribution in [2.75, 3.05) is 13.2 Å². The first-order chi connectivity index (χ1) is 26.0. The summed E-state index contributed by atoms with van der Waals surface area (Å²) in [6.45, 7) is 6.59. The Morgan fingerprint density at radius 2 is 0.509 bits per heavy atom. The van der Waals surface area contributed by atoms with Crippen LogP contribution in [0.2, 0.25) is 0 Å². The summed E-state index contributed by atoms with van der Waals surface area (Å²) < 4.78 is 16.6. The topological polar surface area (TPSA) is 78.9 Å². The normalized spacial score (nSPS) is 11.8. The highest BCUT2D eigenvalue weighted by molar-refractivity contribution is 5.71. The number of hydrogen-bond acceptors (Lipinski definition) is 6. The molecule has 53 heavy (non-hydrogen) atoms. The molecule has 0 rings (SSSR count). The molecule has 0 saturated carbocycles. The lowest BCUT2D eigenvalue weighted by atomic mass is 10.0. The zero-order valence-electron chi connectivity index (χ0n) is 35.8. The van der Waals surface area contributed by atoms with E-state index >= 15 is 0 Å². The molecule has 0 aromatic heterocycles. The standard InChI is InChI=1S/C47H90O6/c1-4-7-10-13-16-18-19-20-21-22-23-24-25-26-27-28-29-32-34-37-40-46(49)52-43-44(42-51-45(48)39-36-33-30-15-12-9-6-3)53-47(50)41-38-35-31-17-14-11-8-5-2/h44H,4-43H2,1-3H3. The molecule has 1 unspecified atom stereocenters. The van der Waals surface area contributed by atoms with Crippen LogP contribution in [0.4, 0.5) is 0 Å². The largest absolute Gasteiger partial charge is 0.462 e. The Balaban J connectivity index is 4.08. The summed E-state index contributed by atoms with van der Waals surface area (Å²) in [4.78, 5) is 37.5. The Hall–Kier alpha value is -1.59. The van der Waals surface area contributed by atoms with Crippen molar-refractivity contribution in [1.29, 1.82) is 0 Å². The van der Waals surface area contributed by atoms with E-state index in [1.165, 1.54) is 167 Å². The van der Waals surface area contributed by atoms with Gasteiger partial charge < -0.3 is 14.2 Å². The highest BCUT2D eigenvalue weighted by Gasteiger charge is 2.19. The molecule has 0 amide bonds. The van der Waals surface area contributed by atoms with E-state index in [0.717, 1.165) is 57.8 Å². The summed E-state index contributed by atoms with van der Waals surface area (Å²) in [6, 6.07) is 0. The molecule has 0 spiro atoms. The van der Waals surface area contributed by atoms with Gasteiger partial charge in [0.25, 0.3) is 0 Å². The minimum atomic E-state index is -0.756. The van der Waals surface area contributed by atoms with Crippen LogP contribution >= 0.6 is 0 Å². The molecule has 0 aliphatic rings. The van der Waals surface area contributed by atoms with Crippen LogP contribution in [0, 0.1) is 0 Å². The molecule has 0 bridgehead atoms. The van der Waals surface area contributed by atoms with Crippen LogP contribution in [0.25, 0.3) is 0 Å². The van der Waals surface area contributed by atoms with E-state index in [2.05, 4.69) is 20.8 Å². The Kier molecular flexibility index (Phi) is 41.8. The van der Waals surface area contributed by atoms with E-state index in [1.54, 1.807) is 0 Å². The first kappa shape index (κ1) is 51.4. The number of esters is 3. The molecule has 314 valence electrons. The molecular formula is C47H90O6. The second-order valence-corrected chi connectivity index (χ2v) is 16.0. The second-order valence-electron chi connectivity index (χ2n) is 16.0. The minimum Gasteiger partial charge on any atom is -0.462 e. The number of rotatable bonds is 43. The average molecular weight is 751 g/mol. The lowest BCUT2D eigenvalue weighted by Gasteiger charge is -2.18. The monoisotopic (exact) mass is 751 g/mol. The van der Waals surface area contributed by atoms with Gasteiger partial charge in [-0.05, 0) is 19.3 Å². The molecule has 0 aliphatic heterocycles. The van der Waals surface area contributed by atoms with Gasteiger partial charge in [-0.15, -0.1) is 0 Å². The van der Waals surface area contributed by atoms with Gasteiger partial charge in [0.1, 0.15) is 13.2 Å². The van der Waals surface area contributed by atoms with Crippen LogP contribution in [0.1, 0.15) is 265 Å². The number of hydrogen-bond donors (Lipinski definition) is 0. The van der Waals surface area contributed by atoms with E-state index in [0.29, 0.717) is 19.3 Å². The Morgan fingerprint density at radius 3 is 0.755 bits per heavy atom. The van der Waals surface area contributed by atoms with Gasteiger partial charge >= 0.3 is 17.9 Å². The number of carbonyl (C=O) groups is 3. The fourth-order valence-electron chi connectivity index (χ4n) is 7.03. The van der Waals surface area contributed by atoms with Gasteiger partial charge in [0.2, 0.25) is 0 Å². The first-order valence-corrected chi connectivity index (χ1v) is 23.5. The van der Waals surface area contributed by atoms with Gasteiger partial charge in [0, 0.05) is 19.3 Å². The molecule has 0 saturated heterocycles. The van der Waals surface area contributed by atoms with Crippen LogP contribution < -0.4 is 0 Å². The van der Waals surface area contributed by atoms with Gasteiger partial charge in [-0.2, -0.15) is 0 Å². The molecule has 1 atom stereocenters. The maximum Gasteiger partial charge on any atom is 0.306 e. The van der Waals surface area contributed by atoms with Crippen molar-refractivity contribution in [3.05, 3.63) is 0 Å². The van der Waals surface area contributed by atoms with Crippen molar-refractivity contribution in [3.8, 4) is 0 Å². The summed E-state index contributed by atoms with van der Waals surface area (Å²) >= 11 is 0. The molecule has 0 radical (unpaired) electrons. The maximum absolute atomic E-state index is 12.6. The minimum absolute atomic E-state index is 0.0636. The smallest absolute Gasteiger partial charge is 0.306 e. The van der Waals surface area contributed by atoms with Crippen LogP contribution in [-0.2, 0) is 28.6 Å². The number of carbonyl (C=O) groups excluding carboxylic acids is 3. The molecule has 0 fully saturated rings. The lowest BCUT2D eigenvalue weighted by molar-refractivity contribution is -0.167. The molecule has 0 heterocycles. The van der Waals surface area contributed by atoms with Gasteiger partial charge in [-0.3, -0.25) is 14.4 Å². The maximum atomic E-state index is 12.6. The Labute approximate surface area is 329 Å². The highest BCUT2D eigenvalue weighted by atomic mass is 16.6. The third-order valence-electron chi connectivity index (χ3n) is 10.6. The van der Waals surface area contributed by atoms with E-state index in [4.69, 9.17) is 14.2 Å². The predicted molar refractivity (Wildman–Crippen MR) is 224 cm³/mol. The summed E-state index contributed by atoms with van der Waals surface area (Å²) in [7, 11) is 0. The second kappa shape index (κ2) is 43.1. The van der Waals surface area contributed by atoms with E-state index in [1.807, 2.05) is 0 Å². The van der Waals surface area contributed by atoms with E-state index in [9.17, 15) is 14.4 Å². The zero-order valence-corrected chi connectivity index (χ0v) is 35.8. The number of ether oxygens (including phenoxy) is 3. The lowest BCUT2D eigenvalue weighted by Crippen LogP contribution is -2.30. The zero-order chi connectivity index (χ0) is 38.7. The van der Waals surface area contributed by atoms with Gasteiger partial charge in [0.05, 0.1) is 0 Å². The summed E-state index contributed by atoms with van der Waals surface area (Å²) in [6.07, 6.45) is 44.0. The summed E-state index contributed by atoms with van der Waals surface area (Å²) in [5, 5.41) is 0.